The maximum Gasteiger partial charge on any atom is 0.243 e. The molecule has 0 aliphatic heterocycles. The van der Waals surface area contributed by atoms with Gasteiger partial charge in [-0.1, -0.05) is 56.0 Å². The zero-order valence-electron chi connectivity index (χ0n) is 22.0. The molecule has 38 heavy (non-hydrogen) atoms. The number of nitrogens with zero attached hydrogens (tertiary/aromatic N) is 2. The molecule has 208 valence electrons. The van der Waals surface area contributed by atoms with E-state index in [4.69, 9.17) is 11.6 Å². The Balaban J connectivity index is 1.75. The molecule has 0 spiro atoms. The standard InChI is InChI=1S/C28H37ClFN3O4S/c1-3-26(28(35)31-24-10-5-4-6-11-24)32(20-21-14-16-23(30)17-15-21)27(34)13-8-18-33(38(2,36)37)25-12-7-9-22(29)19-25/h7,9,12,14-17,19,24,26H,3-6,8,10-11,13,18,20H2,1-2H3,(H,31,35). The minimum absolute atomic E-state index is 0.0426. The van der Waals surface area contributed by atoms with E-state index >= 15 is 0 Å². The number of rotatable bonds is 12. The van der Waals surface area contributed by atoms with Gasteiger partial charge in [-0.05, 0) is 61.6 Å². The summed E-state index contributed by atoms with van der Waals surface area (Å²) in [6, 6.07) is 11.8. The number of amides is 2. The molecule has 0 heterocycles. The van der Waals surface area contributed by atoms with Crippen molar-refractivity contribution in [2.75, 3.05) is 17.1 Å². The van der Waals surface area contributed by atoms with E-state index in [0.717, 1.165) is 31.9 Å². The van der Waals surface area contributed by atoms with Gasteiger partial charge in [-0.15, -0.1) is 0 Å². The Morgan fingerprint density at radius 1 is 1.11 bits per heavy atom. The Hall–Kier alpha value is -2.65. The van der Waals surface area contributed by atoms with Crippen molar-refractivity contribution in [1.82, 2.24) is 10.2 Å². The Morgan fingerprint density at radius 3 is 2.39 bits per heavy atom. The van der Waals surface area contributed by atoms with Gasteiger partial charge in [0.15, 0.2) is 0 Å². The molecule has 0 bridgehead atoms. The van der Waals surface area contributed by atoms with Gasteiger partial charge in [-0.2, -0.15) is 0 Å². The number of hydrogen-bond acceptors (Lipinski definition) is 4. The molecule has 10 heteroatoms. The highest BCUT2D eigenvalue weighted by Crippen LogP contribution is 2.23. The zero-order valence-corrected chi connectivity index (χ0v) is 23.6. The van der Waals surface area contributed by atoms with Crippen LogP contribution in [0.2, 0.25) is 5.02 Å². The van der Waals surface area contributed by atoms with Crippen molar-refractivity contribution in [1.29, 1.82) is 0 Å². The van der Waals surface area contributed by atoms with Gasteiger partial charge in [0.25, 0.3) is 0 Å². The summed E-state index contributed by atoms with van der Waals surface area (Å²) in [7, 11) is -3.61. The predicted molar refractivity (Wildman–Crippen MR) is 149 cm³/mol. The van der Waals surface area contributed by atoms with Crippen LogP contribution in [0.3, 0.4) is 0 Å². The molecule has 1 fully saturated rings. The predicted octanol–water partition coefficient (Wildman–Crippen LogP) is 5.28. The Bertz CT molecular complexity index is 1190. The highest BCUT2D eigenvalue weighted by molar-refractivity contribution is 7.92. The molecule has 1 unspecified atom stereocenters. The maximum atomic E-state index is 13.5. The quantitative estimate of drug-likeness (QED) is 0.379. The lowest BCUT2D eigenvalue weighted by molar-refractivity contribution is -0.141. The van der Waals surface area contributed by atoms with Crippen molar-refractivity contribution >= 4 is 39.1 Å². The average molecular weight is 566 g/mol. The SMILES string of the molecule is CCC(C(=O)NC1CCCCC1)N(Cc1ccc(F)cc1)C(=O)CCCN(c1cccc(Cl)c1)S(C)(=O)=O. The Morgan fingerprint density at radius 2 is 1.79 bits per heavy atom. The summed E-state index contributed by atoms with van der Waals surface area (Å²) in [6.45, 7) is 2.10. The summed E-state index contributed by atoms with van der Waals surface area (Å²) in [6.07, 6.45) is 6.99. The number of sulfonamides is 1. The number of halogens is 2. The smallest absolute Gasteiger partial charge is 0.243 e. The number of nitrogens with one attached hydrogen (secondary N) is 1. The third-order valence-electron chi connectivity index (χ3n) is 6.85. The molecule has 3 rings (SSSR count). The van der Waals surface area contributed by atoms with Crippen LogP contribution in [0.5, 0.6) is 0 Å². The summed E-state index contributed by atoms with van der Waals surface area (Å²) in [5, 5.41) is 3.54. The first-order chi connectivity index (χ1) is 18.1. The second-order valence-corrected chi connectivity index (χ2v) is 12.2. The van der Waals surface area contributed by atoms with Crippen LogP contribution >= 0.6 is 11.6 Å². The molecule has 7 nitrogen and oxygen atoms in total. The van der Waals surface area contributed by atoms with Gasteiger partial charge in [-0.3, -0.25) is 13.9 Å². The Kier molecular flexibility index (Phi) is 11.0. The molecular formula is C28H37ClFN3O4S. The van der Waals surface area contributed by atoms with Crippen molar-refractivity contribution < 1.29 is 22.4 Å². The summed E-state index contributed by atoms with van der Waals surface area (Å²) in [5.74, 6) is -0.832. The fourth-order valence-electron chi connectivity index (χ4n) is 4.89. The van der Waals surface area contributed by atoms with Gasteiger partial charge in [0.2, 0.25) is 21.8 Å². The minimum atomic E-state index is -3.61. The molecule has 1 N–H and O–H groups in total. The van der Waals surface area contributed by atoms with E-state index in [9.17, 15) is 22.4 Å². The highest BCUT2D eigenvalue weighted by atomic mass is 35.5. The molecule has 0 radical (unpaired) electrons. The topological polar surface area (TPSA) is 86.8 Å². The maximum absolute atomic E-state index is 13.5. The van der Waals surface area contributed by atoms with Crippen LogP contribution in [-0.2, 0) is 26.2 Å². The second kappa shape index (κ2) is 13.9. The second-order valence-electron chi connectivity index (χ2n) is 9.83. The van der Waals surface area contributed by atoms with E-state index in [-0.39, 0.29) is 49.6 Å². The first-order valence-corrected chi connectivity index (χ1v) is 15.4. The first-order valence-electron chi connectivity index (χ1n) is 13.2. The van der Waals surface area contributed by atoms with Crippen LogP contribution in [0.15, 0.2) is 48.5 Å². The molecule has 2 aromatic rings. The highest BCUT2D eigenvalue weighted by Gasteiger charge is 2.30. The monoisotopic (exact) mass is 565 g/mol. The summed E-state index contributed by atoms with van der Waals surface area (Å²) < 4.78 is 39.6. The molecule has 1 aliphatic rings. The lowest BCUT2D eigenvalue weighted by Gasteiger charge is -2.33. The van der Waals surface area contributed by atoms with E-state index < -0.39 is 16.1 Å². The number of hydrogen-bond donors (Lipinski definition) is 1. The fraction of sp³-hybridized carbons (Fsp3) is 0.500. The molecule has 0 aromatic heterocycles. The third-order valence-corrected chi connectivity index (χ3v) is 8.28. The van der Waals surface area contributed by atoms with E-state index in [1.165, 1.54) is 27.8 Å². The zero-order chi connectivity index (χ0) is 27.7. The summed E-state index contributed by atoms with van der Waals surface area (Å²) >= 11 is 6.06. The lowest BCUT2D eigenvalue weighted by atomic mass is 9.95. The van der Waals surface area contributed by atoms with Gasteiger partial charge in [0.05, 0.1) is 11.9 Å². The number of carbonyl (C=O) groups excluding carboxylic acids is 2. The molecule has 1 atom stereocenters. The van der Waals surface area contributed by atoms with E-state index in [0.29, 0.717) is 22.7 Å². The van der Waals surface area contributed by atoms with Crippen molar-refractivity contribution in [3.63, 3.8) is 0 Å². The number of anilines is 1. The van der Waals surface area contributed by atoms with Crippen molar-refractivity contribution in [2.45, 2.75) is 76.9 Å². The van der Waals surface area contributed by atoms with Crippen LogP contribution in [0.1, 0.15) is 63.9 Å². The van der Waals surface area contributed by atoms with E-state index in [1.54, 1.807) is 36.4 Å². The minimum Gasteiger partial charge on any atom is -0.352 e. The molecule has 1 aliphatic carbocycles. The van der Waals surface area contributed by atoms with Gasteiger partial charge in [-0.25, -0.2) is 12.8 Å². The number of benzene rings is 2. The van der Waals surface area contributed by atoms with E-state index in [2.05, 4.69) is 5.32 Å². The average Bonchev–Trinajstić information content (AvgIpc) is 2.87. The largest absolute Gasteiger partial charge is 0.352 e. The normalized spacial score (nSPS) is 15.1. The molecular weight excluding hydrogens is 529 g/mol. The van der Waals surface area contributed by atoms with Gasteiger partial charge < -0.3 is 10.2 Å². The van der Waals surface area contributed by atoms with Crippen LogP contribution < -0.4 is 9.62 Å². The van der Waals surface area contributed by atoms with Gasteiger partial charge in [0, 0.05) is 30.6 Å². The number of carbonyl (C=O) groups is 2. The van der Waals surface area contributed by atoms with Crippen molar-refractivity contribution in [3.05, 3.63) is 64.9 Å². The van der Waals surface area contributed by atoms with Crippen molar-refractivity contribution in [3.8, 4) is 0 Å². The van der Waals surface area contributed by atoms with Gasteiger partial charge in [0.1, 0.15) is 11.9 Å². The van der Waals surface area contributed by atoms with Crippen LogP contribution in [0.25, 0.3) is 0 Å². The fourth-order valence-corrected chi connectivity index (χ4v) is 6.03. The molecule has 2 aromatic carbocycles. The van der Waals surface area contributed by atoms with Crippen LogP contribution in [-0.4, -0.2) is 50.0 Å². The van der Waals surface area contributed by atoms with Gasteiger partial charge >= 0.3 is 0 Å². The molecule has 1 saturated carbocycles. The molecule has 2 amide bonds. The van der Waals surface area contributed by atoms with Crippen LogP contribution in [0, 0.1) is 5.82 Å². The van der Waals surface area contributed by atoms with E-state index in [1.807, 2.05) is 6.92 Å². The summed E-state index contributed by atoms with van der Waals surface area (Å²) in [5.41, 5.74) is 1.13. The van der Waals surface area contributed by atoms with Crippen LogP contribution in [0.4, 0.5) is 10.1 Å². The third kappa shape index (κ3) is 8.70. The molecule has 0 saturated heterocycles. The summed E-state index contributed by atoms with van der Waals surface area (Å²) in [4.78, 5) is 28.4. The Labute approximate surface area is 230 Å². The lowest BCUT2D eigenvalue weighted by Crippen LogP contribution is -2.51. The van der Waals surface area contributed by atoms with Crippen molar-refractivity contribution in [2.24, 2.45) is 0 Å². The first kappa shape index (κ1) is 29.9.